The van der Waals surface area contributed by atoms with Crippen LogP contribution < -0.4 is 0 Å². The smallest absolute Gasteiger partial charge is 0.416 e. The van der Waals surface area contributed by atoms with Crippen LogP contribution in [0.15, 0.2) is 36.4 Å². The van der Waals surface area contributed by atoms with Crippen molar-refractivity contribution < 1.29 is 22.7 Å². The predicted octanol–water partition coefficient (Wildman–Crippen LogP) is 3.25. The SMILES string of the molecule is C=C1CC(c2cccc(C(F)(F)F)c2)OC1=O. The summed E-state index contributed by atoms with van der Waals surface area (Å²) in [6.45, 7) is 3.49. The fraction of sp³-hybridized carbons (Fsp3) is 0.250. The highest BCUT2D eigenvalue weighted by Gasteiger charge is 2.33. The van der Waals surface area contributed by atoms with E-state index in [4.69, 9.17) is 4.74 Å². The Morgan fingerprint density at radius 2 is 2.06 bits per heavy atom. The van der Waals surface area contributed by atoms with E-state index in [1.54, 1.807) is 0 Å². The minimum atomic E-state index is -4.39. The van der Waals surface area contributed by atoms with E-state index >= 15 is 0 Å². The Balaban J connectivity index is 2.29. The fourth-order valence-electron chi connectivity index (χ4n) is 1.66. The zero-order valence-corrected chi connectivity index (χ0v) is 8.75. The monoisotopic (exact) mass is 242 g/mol. The molecule has 90 valence electrons. The molecule has 1 heterocycles. The van der Waals surface area contributed by atoms with Gasteiger partial charge in [0.2, 0.25) is 0 Å². The highest BCUT2D eigenvalue weighted by molar-refractivity contribution is 5.90. The Morgan fingerprint density at radius 3 is 2.59 bits per heavy atom. The van der Waals surface area contributed by atoms with Gasteiger partial charge in [0, 0.05) is 12.0 Å². The van der Waals surface area contributed by atoms with Crippen LogP contribution in [0.2, 0.25) is 0 Å². The van der Waals surface area contributed by atoms with Crippen LogP contribution in [-0.4, -0.2) is 5.97 Å². The summed E-state index contributed by atoms with van der Waals surface area (Å²) in [5, 5.41) is 0. The van der Waals surface area contributed by atoms with E-state index in [-0.39, 0.29) is 12.0 Å². The summed E-state index contributed by atoms with van der Waals surface area (Å²) in [7, 11) is 0. The molecule has 1 unspecified atom stereocenters. The molecule has 1 aromatic carbocycles. The molecule has 1 saturated heterocycles. The van der Waals surface area contributed by atoms with E-state index < -0.39 is 23.8 Å². The van der Waals surface area contributed by atoms with E-state index in [2.05, 4.69) is 6.58 Å². The molecule has 0 saturated carbocycles. The molecular formula is C12H9F3O2. The van der Waals surface area contributed by atoms with Crippen molar-refractivity contribution in [3.05, 3.63) is 47.5 Å². The summed E-state index contributed by atoms with van der Waals surface area (Å²) < 4.78 is 42.4. The molecule has 5 heteroatoms. The number of hydrogen-bond acceptors (Lipinski definition) is 2. The lowest BCUT2D eigenvalue weighted by Crippen LogP contribution is -2.06. The van der Waals surface area contributed by atoms with Crippen LogP contribution >= 0.6 is 0 Å². The Hall–Kier alpha value is -1.78. The summed E-state index contributed by atoms with van der Waals surface area (Å²) in [4.78, 5) is 11.1. The molecule has 1 aliphatic rings. The van der Waals surface area contributed by atoms with Gasteiger partial charge in [-0.2, -0.15) is 13.2 Å². The molecular weight excluding hydrogens is 233 g/mol. The van der Waals surface area contributed by atoms with Gasteiger partial charge in [-0.3, -0.25) is 0 Å². The summed E-state index contributed by atoms with van der Waals surface area (Å²) >= 11 is 0. The number of carbonyl (C=O) groups excluding carboxylic acids is 1. The van der Waals surface area contributed by atoms with Crippen LogP contribution in [0.1, 0.15) is 23.7 Å². The lowest BCUT2D eigenvalue weighted by atomic mass is 10.0. The molecule has 0 aromatic heterocycles. The number of halogens is 3. The van der Waals surface area contributed by atoms with Gasteiger partial charge in [-0.05, 0) is 17.7 Å². The molecule has 0 spiro atoms. The van der Waals surface area contributed by atoms with Crippen molar-refractivity contribution in [1.82, 2.24) is 0 Å². The Morgan fingerprint density at radius 1 is 1.35 bits per heavy atom. The maximum atomic E-state index is 12.5. The summed E-state index contributed by atoms with van der Waals surface area (Å²) in [6.07, 6.45) is -4.81. The van der Waals surface area contributed by atoms with E-state index in [1.165, 1.54) is 12.1 Å². The standard InChI is InChI=1S/C12H9F3O2/c1-7-5-10(17-11(7)16)8-3-2-4-9(6-8)12(13,14)15/h2-4,6,10H,1,5H2. The van der Waals surface area contributed by atoms with Gasteiger partial charge in [0.1, 0.15) is 6.10 Å². The van der Waals surface area contributed by atoms with Crippen molar-refractivity contribution in [3.63, 3.8) is 0 Å². The fourth-order valence-corrected chi connectivity index (χ4v) is 1.66. The number of carbonyl (C=O) groups is 1. The van der Waals surface area contributed by atoms with Gasteiger partial charge in [0.05, 0.1) is 5.56 Å². The average Bonchev–Trinajstić information content (AvgIpc) is 2.58. The number of alkyl halides is 3. The molecule has 1 fully saturated rings. The topological polar surface area (TPSA) is 26.3 Å². The van der Waals surface area contributed by atoms with Crippen molar-refractivity contribution in [2.24, 2.45) is 0 Å². The third-order valence-corrected chi connectivity index (χ3v) is 2.56. The first-order chi connectivity index (χ1) is 7.88. The molecule has 0 bridgehead atoms. The summed E-state index contributed by atoms with van der Waals surface area (Å²) in [6, 6.07) is 4.78. The lowest BCUT2D eigenvalue weighted by Gasteiger charge is -2.12. The molecule has 0 N–H and O–H groups in total. The number of rotatable bonds is 1. The highest BCUT2D eigenvalue weighted by Crippen LogP contribution is 2.35. The number of benzene rings is 1. The average molecular weight is 242 g/mol. The second-order valence-corrected chi connectivity index (χ2v) is 3.82. The van der Waals surface area contributed by atoms with E-state index in [0.29, 0.717) is 5.56 Å². The number of hydrogen-bond donors (Lipinski definition) is 0. The molecule has 0 amide bonds. The number of esters is 1. The Kier molecular flexibility index (Phi) is 2.69. The molecule has 1 aromatic rings. The number of cyclic esters (lactones) is 1. The Bertz CT molecular complexity index is 461. The summed E-state index contributed by atoms with van der Waals surface area (Å²) in [5.74, 6) is -0.549. The van der Waals surface area contributed by atoms with Crippen molar-refractivity contribution >= 4 is 5.97 Å². The maximum absolute atomic E-state index is 12.5. The van der Waals surface area contributed by atoms with E-state index in [0.717, 1.165) is 12.1 Å². The van der Waals surface area contributed by atoms with Crippen LogP contribution in [0.25, 0.3) is 0 Å². The third kappa shape index (κ3) is 2.33. The molecule has 17 heavy (non-hydrogen) atoms. The van der Waals surface area contributed by atoms with Crippen LogP contribution in [0.4, 0.5) is 13.2 Å². The second kappa shape index (κ2) is 3.91. The third-order valence-electron chi connectivity index (χ3n) is 2.56. The zero-order valence-electron chi connectivity index (χ0n) is 8.75. The molecule has 2 nitrogen and oxygen atoms in total. The van der Waals surface area contributed by atoms with E-state index in [1.807, 2.05) is 0 Å². The predicted molar refractivity (Wildman–Crippen MR) is 54.0 cm³/mol. The maximum Gasteiger partial charge on any atom is 0.416 e. The highest BCUT2D eigenvalue weighted by atomic mass is 19.4. The van der Waals surface area contributed by atoms with Crippen LogP contribution in [0, 0.1) is 0 Å². The minimum absolute atomic E-state index is 0.236. The van der Waals surface area contributed by atoms with Gasteiger partial charge in [-0.25, -0.2) is 4.79 Å². The van der Waals surface area contributed by atoms with Crippen molar-refractivity contribution in [2.75, 3.05) is 0 Å². The minimum Gasteiger partial charge on any atom is -0.454 e. The van der Waals surface area contributed by atoms with Gasteiger partial charge in [-0.1, -0.05) is 18.7 Å². The van der Waals surface area contributed by atoms with Gasteiger partial charge in [0.25, 0.3) is 0 Å². The first-order valence-corrected chi connectivity index (χ1v) is 4.94. The second-order valence-electron chi connectivity index (χ2n) is 3.82. The number of ether oxygens (including phenoxy) is 1. The van der Waals surface area contributed by atoms with Gasteiger partial charge in [0.15, 0.2) is 0 Å². The van der Waals surface area contributed by atoms with Crippen LogP contribution in [0.3, 0.4) is 0 Å². The van der Waals surface area contributed by atoms with Gasteiger partial charge >= 0.3 is 12.1 Å². The first-order valence-electron chi connectivity index (χ1n) is 4.94. The van der Waals surface area contributed by atoms with Crippen LogP contribution in [0.5, 0.6) is 0 Å². The first kappa shape index (κ1) is 11.7. The molecule has 0 radical (unpaired) electrons. The van der Waals surface area contributed by atoms with E-state index in [9.17, 15) is 18.0 Å². The van der Waals surface area contributed by atoms with Crippen molar-refractivity contribution in [3.8, 4) is 0 Å². The van der Waals surface area contributed by atoms with Gasteiger partial charge < -0.3 is 4.74 Å². The normalized spacial score (nSPS) is 20.5. The quantitative estimate of drug-likeness (QED) is 0.558. The van der Waals surface area contributed by atoms with Crippen LogP contribution in [-0.2, 0) is 15.7 Å². The molecule has 2 rings (SSSR count). The Labute approximate surface area is 95.7 Å². The molecule has 1 aliphatic heterocycles. The molecule has 0 aliphatic carbocycles. The summed E-state index contributed by atoms with van der Waals surface area (Å²) in [5.41, 5.74) is -0.122. The lowest BCUT2D eigenvalue weighted by molar-refractivity contribution is -0.139. The van der Waals surface area contributed by atoms with Crippen molar-refractivity contribution in [2.45, 2.75) is 18.7 Å². The van der Waals surface area contributed by atoms with Gasteiger partial charge in [-0.15, -0.1) is 0 Å². The van der Waals surface area contributed by atoms with Crippen molar-refractivity contribution in [1.29, 1.82) is 0 Å². The molecule has 1 atom stereocenters. The largest absolute Gasteiger partial charge is 0.454 e. The zero-order chi connectivity index (χ0) is 12.6.